The van der Waals surface area contributed by atoms with Crippen LogP contribution in [-0.2, 0) is 4.74 Å². The van der Waals surface area contributed by atoms with Gasteiger partial charge in [0.05, 0.1) is 39.6 Å². The molecule has 13 nitrogen and oxygen atoms in total. The van der Waals surface area contributed by atoms with Crippen LogP contribution in [0.4, 0.5) is 0 Å². The van der Waals surface area contributed by atoms with Crippen molar-refractivity contribution in [3.05, 3.63) is 40.6 Å². The fourth-order valence-electron chi connectivity index (χ4n) is 3.92. The molecule has 3 rings (SSSR count). The second-order valence-electron chi connectivity index (χ2n) is 9.38. The number of rotatable bonds is 17. The number of benzene rings is 2. The SMILES string of the molecule is CCCOc1c(-c2ccc(OCCCO)c(O)c2)oc2cc(OC(OC(CO)C(C)O)C(O)CO)cc(OC)c2c1=O. The number of hydrogen-bond donors (Lipinski definition) is 6. The quantitative estimate of drug-likeness (QED) is 0.0973. The largest absolute Gasteiger partial charge is 0.504 e. The molecule has 42 heavy (non-hydrogen) atoms. The van der Waals surface area contributed by atoms with Crippen molar-refractivity contribution in [1.29, 1.82) is 0 Å². The highest BCUT2D eigenvalue weighted by Crippen LogP contribution is 2.39. The normalized spacial score (nSPS) is 14.3. The molecule has 0 bridgehead atoms. The Morgan fingerprint density at radius 1 is 0.976 bits per heavy atom. The minimum absolute atomic E-state index is 0.00225. The zero-order valence-electron chi connectivity index (χ0n) is 23.7. The molecule has 0 amide bonds. The topological polar surface area (TPSA) is 198 Å². The molecular formula is C29H38O13. The van der Waals surface area contributed by atoms with Crippen LogP contribution in [0.25, 0.3) is 22.3 Å². The standard InChI is InChI=1S/C29H38O13/c1-4-9-39-28-26(36)25-22(37-3)12-18(40-29(20(35)14-31)42-24(15-32)16(2)33)13-23(25)41-27(28)17-6-7-21(19(34)11-17)38-10-5-8-30/h6-7,11-13,16,20,24,29-35H,4-5,8-10,14-15H2,1-3H3. The number of phenols is 1. The Kier molecular flexibility index (Phi) is 12.2. The van der Waals surface area contributed by atoms with Gasteiger partial charge in [-0.15, -0.1) is 0 Å². The summed E-state index contributed by atoms with van der Waals surface area (Å²) in [5.74, 6) is -0.0919. The average molecular weight is 595 g/mol. The van der Waals surface area contributed by atoms with Crippen molar-refractivity contribution in [2.45, 2.75) is 51.3 Å². The molecule has 0 aliphatic rings. The Hall–Kier alpha value is -3.59. The number of aliphatic hydroxyl groups is 5. The van der Waals surface area contributed by atoms with E-state index in [1.54, 1.807) is 6.07 Å². The molecule has 3 aromatic rings. The number of methoxy groups -OCH3 is 1. The molecule has 232 valence electrons. The minimum atomic E-state index is -1.56. The van der Waals surface area contributed by atoms with Gasteiger partial charge in [0.1, 0.15) is 34.7 Å². The molecule has 6 N–H and O–H groups in total. The number of phenolic OH excluding ortho intramolecular Hbond substituents is 1. The number of aliphatic hydroxyl groups excluding tert-OH is 5. The molecule has 0 saturated carbocycles. The molecule has 1 aromatic heterocycles. The van der Waals surface area contributed by atoms with E-state index in [1.807, 2.05) is 6.92 Å². The smallest absolute Gasteiger partial charge is 0.239 e. The molecular weight excluding hydrogens is 556 g/mol. The molecule has 4 unspecified atom stereocenters. The average Bonchev–Trinajstić information content (AvgIpc) is 2.98. The van der Waals surface area contributed by atoms with Gasteiger partial charge in [-0.25, -0.2) is 0 Å². The third-order valence-corrected chi connectivity index (χ3v) is 6.12. The van der Waals surface area contributed by atoms with Crippen LogP contribution in [0, 0.1) is 0 Å². The fourth-order valence-corrected chi connectivity index (χ4v) is 3.92. The maximum Gasteiger partial charge on any atom is 0.239 e. The number of hydrogen-bond acceptors (Lipinski definition) is 13. The first-order chi connectivity index (χ1) is 20.2. The highest BCUT2D eigenvalue weighted by molar-refractivity contribution is 5.88. The lowest BCUT2D eigenvalue weighted by atomic mass is 10.1. The van der Waals surface area contributed by atoms with Crippen molar-refractivity contribution < 1.29 is 58.7 Å². The summed E-state index contributed by atoms with van der Waals surface area (Å²) in [6.07, 6.45) is -4.37. The van der Waals surface area contributed by atoms with E-state index in [4.69, 9.17) is 33.2 Å². The second kappa shape index (κ2) is 15.6. The highest BCUT2D eigenvalue weighted by Gasteiger charge is 2.29. The number of ether oxygens (including phenoxy) is 5. The number of aromatic hydroxyl groups is 1. The Balaban J connectivity index is 2.14. The van der Waals surface area contributed by atoms with Crippen molar-refractivity contribution in [3.63, 3.8) is 0 Å². The van der Waals surface area contributed by atoms with Gasteiger partial charge in [0.25, 0.3) is 0 Å². The van der Waals surface area contributed by atoms with Crippen LogP contribution in [0.1, 0.15) is 26.7 Å². The monoisotopic (exact) mass is 594 g/mol. The van der Waals surface area contributed by atoms with Gasteiger partial charge in [-0.2, -0.15) is 0 Å². The first-order valence-electron chi connectivity index (χ1n) is 13.5. The van der Waals surface area contributed by atoms with Crippen LogP contribution in [0.15, 0.2) is 39.5 Å². The third-order valence-electron chi connectivity index (χ3n) is 6.12. The zero-order valence-corrected chi connectivity index (χ0v) is 23.7. The van der Waals surface area contributed by atoms with Gasteiger partial charge in [0.15, 0.2) is 17.3 Å². The van der Waals surface area contributed by atoms with Gasteiger partial charge in [-0.1, -0.05) is 6.92 Å². The van der Waals surface area contributed by atoms with E-state index in [9.17, 15) is 30.3 Å². The van der Waals surface area contributed by atoms with E-state index in [1.165, 1.54) is 38.3 Å². The lowest BCUT2D eigenvalue weighted by Crippen LogP contribution is -2.43. The molecule has 0 aliphatic heterocycles. The van der Waals surface area contributed by atoms with Crippen molar-refractivity contribution in [2.24, 2.45) is 0 Å². The van der Waals surface area contributed by atoms with Crippen LogP contribution in [-0.4, -0.2) is 95.4 Å². The van der Waals surface area contributed by atoms with Gasteiger partial charge in [0.2, 0.25) is 17.5 Å². The highest BCUT2D eigenvalue weighted by atomic mass is 16.7. The van der Waals surface area contributed by atoms with Crippen LogP contribution >= 0.6 is 0 Å². The summed E-state index contributed by atoms with van der Waals surface area (Å²) in [4.78, 5) is 13.7. The number of fused-ring (bicyclic) bond motifs is 1. The zero-order chi connectivity index (χ0) is 30.8. The Morgan fingerprint density at radius 3 is 2.33 bits per heavy atom. The summed E-state index contributed by atoms with van der Waals surface area (Å²) in [5.41, 5.74) is -0.247. The van der Waals surface area contributed by atoms with E-state index >= 15 is 0 Å². The van der Waals surface area contributed by atoms with E-state index in [2.05, 4.69) is 0 Å². The first kappa shape index (κ1) is 32.9. The third kappa shape index (κ3) is 7.82. The van der Waals surface area contributed by atoms with Gasteiger partial charge in [-0.05, 0) is 31.5 Å². The van der Waals surface area contributed by atoms with Crippen molar-refractivity contribution in [2.75, 3.05) is 40.1 Å². The minimum Gasteiger partial charge on any atom is -0.504 e. The van der Waals surface area contributed by atoms with Gasteiger partial charge in [0, 0.05) is 30.7 Å². The first-order valence-corrected chi connectivity index (χ1v) is 13.5. The van der Waals surface area contributed by atoms with Crippen LogP contribution in [0.3, 0.4) is 0 Å². The Morgan fingerprint density at radius 2 is 1.74 bits per heavy atom. The molecule has 0 spiro atoms. The summed E-state index contributed by atoms with van der Waals surface area (Å²) < 4.78 is 34.1. The van der Waals surface area contributed by atoms with Crippen molar-refractivity contribution in [1.82, 2.24) is 0 Å². The molecule has 0 fully saturated rings. The van der Waals surface area contributed by atoms with Crippen LogP contribution < -0.4 is 24.4 Å². The summed E-state index contributed by atoms with van der Waals surface area (Å²) >= 11 is 0. The maximum absolute atomic E-state index is 13.7. The predicted molar refractivity (Wildman–Crippen MR) is 150 cm³/mol. The molecule has 0 saturated heterocycles. The van der Waals surface area contributed by atoms with E-state index < -0.39 is 43.2 Å². The van der Waals surface area contributed by atoms with Crippen LogP contribution in [0.5, 0.6) is 28.7 Å². The summed E-state index contributed by atoms with van der Waals surface area (Å²) in [5, 5.41) is 58.7. The summed E-state index contributed by atoms with van der Waals surface area (Å²) in [6, 6.07) is 7.11. The van der Waals surface area contributed by atoms with Crippen molar-refractivity contribution >= 4 is 11.0 Å². The Labute approximate surface area is 242 Å². The predicted octanol–water partition coefficient (Wildman–Crippen LogP) is 1.54. The van der Waals surface area contributed by atoms with E-state index in [0.29, 0.717) is 18.4 Å². The lowest BCUT2D eigenvalue weighted by molar-refractivity contribution is -0.205. The molecule has 0 radical (unpaired) electrons. The maximum atomic E-state index is 13.7. The van der Waals surface area contributed by atoms with Gasteiger partial charge >= 0.3 is 0 Å². The molecule has 4 atom stereocenters. The van der Waals surface area contributed by atoms with Gasteiger partial charge in [-0.3, -0.25) is 4.79 Å². The van der Waals surface area contributed by atoms with E-state index in [0.717, 1.165) is 0 Å². The second-order valence-corrected chi connectivity index (χ2v) is 9.38. The Bertz CT molecular complexity index is 1350. The van der Waals surface area contributed by atoms with Crippen LogP contribution in [0.2, 0.25) is 0 Å². The van der Waals surface area contributed by atoms with E-state index in [-0.39, 0.29) is 65.3 Å². The molecule has 0 aliphatic carbocycles. The lowest BCUT2D eigenvalue weighted by Gasteiger charge is -2.28. The van der Waals surface area contributed by atoms with Crippen molar-refractivity contribution in [3.8, 4) is 40.1 Å². The molecule has 1 heterocycles. The molecule has 13 heteroatoms. The van der Waals surface area contributed by atoms with Gasteiger partial charge < -0.3 is 58.7 Å². The summed E-state index contributed by atoms with van der Waals surface area (Å²) in [6.45, 7) is 2.23. The molecule has 2 aromatic carbocycles. The fraction of sp³-hybridized carbons (Fsp3) is 0.483. The summed E-state index contributed by atoms with van der Waals surface area (Å²) in [7, 11) is 1.33.